The van der Waals surface area contributed by atoms with Crippen molar-refractivity contribution >= 4 is 17.7 Å². The Hall–Kier alpha value is -0.460. The third-order valence-electron chi connectivity index (χ3n) is 4.74. The molecule has 1 saturated heterocycles. The zero-order valence-corrected chi connectivity index (χ0v) is 16.2. The van der Waals surface area contributed by atoms with E-state index in [9.17, 15) is 0 Å². The highest BCUT2D eigenvalue weighted by Gasteiger charge is 2.21. The summed E-state index contributed by atoms with van der Waals surface area (Å²) in [5.41, 5.74) is 0. The highest BCUT2D eigenvalue weighted by atomic mass is 32.2. The molecule has 5 nitrogen and oxygen atoms in total. The number of hydrogen-bond donors (Lipinski definition) is 2. The van der Waals surface area contributed by atoms with E-state index in [0.29, 0.717) is 12.0 Å². The minimum absolute atomic E-state index is 0.563. The van der Waals surface area contributed by atoms with Gasteiger partial charge < -0.3 is 20.1 Å². The number of hydrogen-bond acceptors (Lipinski definition) is 4. The average molecular weight is 358 g/mol. The van der Waals surface area contributed by atoms with Crippen molar-refractivity contribution in [3.63, 3.8) is 0 Å². The summed E-state index contributed by atoms with van der Waals surface area (Å²) in [5.74, 6) is 1.57. The predicted molar refractivity (Wildman–Crippen MR) is 103 cm³/mol. The van der Waals surface area contributed by atoms with Crippen LogP contribution >= 0.6 is 11.8 Å². The Labute approximate surface area is 151 Å². The molecule has 1 aliphatic heterocycles. The molecule has 1 aliphatic carbocycles. The largest absolute Gasteiger partial charge is 0.381 e. The quantitative estimate of drug-likeness (QED) is 0.377. The van der Waals surface area contributed by atoms with Crippen molar-refractivity contribution in [3.8, 4) is 0 Å². The lowest BCUT2D eigenvalue weighted by Crippen LogP contribution is -2.45. The van der Waals surface area contributed by atoms with Crippen LogP contribution in [0.25, 0.3) is 0 Å². The second kappa shape index (κ2) is 12.0. The minimum Gasteiger partial charge on any atom is -0.381 e. The second-order valence-corrected chi connectivity index (χ2v) is 7.92. The van der Waals surface area contributed by atoms with E-state index in [1.165, 1.54) is 25.7 Å². The van der Waals surface area contributed by atoms with Crippen molar-refractivity contribution in [2.45, 2.75) is 56.7 Å². The van der Waals surface area contributed by atoms with Gasteiger partial charge in [-0.2, -0.15) is 11.8 Å². The monoisotopic (exact) mass is 357 g/mol. The molecule has 2 aliphatic rings. The molecule has 1 heterocycles. The average Bonchev–Trinajstić information content (AvgIpc) is 3.11. The lowest BCUT2D eigenvalue weighted by atomic mass is 9.95. The molecule has 0 aromatic heterocycles. The number of guanidine groups is 1. The van der Waals surface area contributed by atoms with Gasteiger partial charge in [-0.1, -0.05) is 6.42 Å². The smallest absolute Gasteiger partial charge is 0.191 e. The molecule has 0 aromatic rings. The second-order valence-electron chi connectivity index (χ2n) is 6.78. The summed E-state index contributed by atoms with van der Waals surface area (Å²) < 4.78 is 11.1. The molecule has 0 aromatic carbocycles. The first kappa shape index (κ1) is 19.9. The van der Waals surface area contributed by atoms with E-state index < -0.39 is 0 Å². The van der Waals surface area contributed by atoms with Crippen molar-refractivity contribution < 1.29 is 9.47 Å². The molecule has 0 bridgehead atoms. The van der Waals surface area contributed by atoms with Gasteiger partial charge in [-0.25, -0.2) is 0 Å². The fourth-order valence-electron chi connectivity index (χ4n) is 3.33. The summed E-state index contributed by atoms with van der Waals surface area (Å²) in [5, 5.41) is 7.80. The molecule has 24 heavy (non-hydrogen) atoms. The number of nitrogens with one attached hydrogen (secondary N) is 2. The van der Waals surface area contributed by atoms with E-state index in [2.05, 4.69) is 23.8 Å². The lowest BCUT2D eigenvalue weighted by Gasteiger charge is -2.29. The topological polar surface area (TPSA) is 54.9 Å². The molecule has 0 amide bonds. The molecular formula is C18H35N3O2S. The van der Waals surface area contributed by atoms with Gasteiger partial charge in [-0.05, 0) is 45.3 Å². The van der Waals surface area contributed by atoms with Crippen LogP contribution in [0.3, 0.4) is 0 Å². The molecule has 1 saturated carbocycles. The maximum atomic E-state index is 5.75. The van der Waals surface area contributed by atoms with Crippen LogP contribution in [0.2, 0.25) is 0 Å². The van der Waals surface area contributed by atoms with Crippen LogP contribution in [0.4, 0.5) is 0 Å². The maximum absolute atomic E-state index is 5.75. The van der Waals surface area contributed by atoms with E-state index in [1.54, 1.807) is 0 Å². The molecule has 0 radical (unpaired) electrons. The van der Waals surface area contributed by atoms with Crippen molar-refractivity contribution in [2.24, 2.45) is 10.9 Å². The van der Waals surface area contributed by atoms with Crippen LogP contribution in [-0.2, 0) is 9.47 Å². The first-order valence-corrected chi connectivity index (χ1v) is 10.8. The molecule has 2 N–H and O–H groups in total. The fraction of sp³-hybridized carbons (Fsp3) is 0.944. The highest BCUT2D eigenvalue weighted by Crippen LogP contribution is 2.26. The summed E-state index contributed by atoms with van der Waals surface area (Å²) >= 11 is 2.00. The van der Waals surface area contributed by atoms with Gasteiger partial charge in [0.15, 0.2) is 5.96 Å². The van der Waals surface area contributed by atoms with Crippen molar-refractivity contribution in [1.82, 2.24) is 10.6 Å². The maximum Gasteiger partial charge on any atom is 0.191 e. The van der Waals surface area contributed by atoms with Gasteiger partial charge in [0.1, 0.15) is 0 Å². The van der Waals surface area contributed by atoms with Crippen LogP contribution in [0.1, 0.15) is 45.4 Å². The molecule has 3 unspecified atom stereocenters. The third kappa shape index (κ3) is 7.62. The normalized spacial score (nSPS) is 28.1. The Morgan fingerprint density at radius 2 is 2.25 bits per heavy atom. The third-order valence-corrected chi connectivity index (χ3v) is 5.83. The Balaban J connectivity index is 1.62. The Morgan fingerprint density at radius 3 is 3.00 bits per heavy atom. The van der Waals surface area contributed by atoms with Crippen LogP contribution < -0.4 is 10.6 Å². The number of rotatable bonds is 9. The zero-order chi connectivity index (χ0) is 17.0. The van der Waals surface area contributed by atoms with E-state index >= 15 is 0 Å². The van der Waals surface area contributed by atoms with Gasteiger partial charge in [0.05, 0.1) is 13.2 Å². The Morgan fingerprint density at radius 1 is 1.33 bits per heavy atom. The summed E-state index contributed by atoms with van der Waals surface area (Å²) in [6, 6.07) is 0.563. The van der Waals surface area contributed by atoms with Gasteiger partial charge in [0.2, 0.25) is 0 Å². The summed E-state index contributed by atoms with van der Waals surface area (Å²) in [7, 11) is 0. The predicted octanol–water partition coefficient (Wildman–Crippen LogP) is 2.66. The van der Waals surface area contributed by atoms with Crippen LogP contribution in [0, 0.1) is 5.92 Å². The number of aliphatic imine (C=N–C) groups is 1. The summed E-state index contributed by atoms with van der Waals surface area (Å²) in [4.78, 5) is 4.71. The molecule has 140 valence electrons. The van der Waals surface area contributed by atoms with Crippen molar-refractivity contribution in [2.75, 3.05) is 45.8 Å². The summed E-state index contributed by atoms with van der Waals surface area (Å²) in [6.45, 7) is 7.23. The van der Waals surface area contributed by atoms with E-state index in [4.69, 9.17) is 14.5 Å². The lowest BCUT2D eigenvalue weighted by molar-refractivity contribution is 0.0893. The Kier molecular flexibility index (Phi) is 9.92. The molecule has 3 atom stereocenters. The van der Waals surface area contributed by atoms with Crippen molar-refractivity contribution in [1.29, 1.82) is 0 Å². The summed E-state index contributed by atoms with van der Waals surface area (Å²) in [6.07, 6.45) is 9.53. The van der Waals surface area contributed by atoms with Gasteiger partial charge >= 0.3 is 0 Å². The Bertz CT molecular complexity index is 362. The van der Waals surface area contributed by atoms with Crippen LogP contribution in [0.15, 0.2) is 4.99 Å². The van der Waals surface area contributed by atoms with Gasteiger partial charge in [-0.15, -0.1) is 0 Å². The van der Waals surface area contributed by atoms with E-state index in [-0.39, 0.29) is 0 Å². The zero-order valence-electron chi connectivity index (χ0n) is 15.4. The van der Waals surface area contributed by atoms with Gasteiger partial charge in [-0.3, -0.25) is 4.99 Å². The minimum atomic E-state index is 0.563. The molecule has 6 heteroatoms. The molecular weight excluding hydrogens is 322 g/mol. The SMILES string of the molecule is CCNC(=NCCCOCC1CCOC1)NC1CCCC(SC)C1. The van der Waals surface area contributed by atoms with E-state index in [1.807, 2.05) is 11.8 Å². The highest BCUT2D eigenvalue weighted by molar-refractivity contribution is 7.99. The van der Waals surface area contributed by atoms with Gasteiger partial charge in [0, 0.05) is 43.5 Å². The first-order chi connectivity index (χ1) is 11.8. The van der Waals surface area contributed by atoms with Crippen molar-refractivity contribution in [3.05, 3.63) is 0 Å². The fourth-order valence-corrected chi connectivity index (χ4v) is 4.15. The van der Waals surface area contributed by atoms with Crippen LogP contribution in [-0.4, -0.2) is 63.0 Å². The van der Waals surface area contributed by atoms with E-state index in [0.717, 1.165) is 63.6 Å². The molecule has 0 spiro atoms. The standard InChI is InChI=1S/C18H35N3O2S/c1-3-19-18(21-16-6-4-7-17(12-16)24-2)20-9-5-10-22-13-15-8-11-23-14-15/h15-17H,3-14H2,1-2H3,(H2,19,20,21). The number of thioether (sulfide) groups is 1. The number of ether oxygens (including phenoxy) is 2. The van der Waals surface area contributed by atoms with Gasteiger partial charge in [0.25, 0.3) is 0 Å². The first-order valence-electron chi connectivity index (χ1n) is 9.55. The molecule has 2 fully saturated rings. The molecule has 2 rings (SSSR count). The van der Waals surface area contributed by atoms with Crippen LogP contribution in [0.5, 0.6) is 0 Å². The number of nitrogens with zero attached hydrogens (tertiary/aromatic N) is 1.